The van der Waals surface area contributed by atoms with Gasteiger partial charge in [0.25, 0.3) is 0 Å². The van der Waals surface area contributed by atoms with Crippen molar-refractivity contribution in [3.05, 3.63) is 194 Å². The molecule has 8 aromatic carbocycles. The molecule has 0 amide bonds. The van der Waals surface area contributed by atoms with E-state index in [0.717, 1.165) is 44.2 Å². The molecule has 0 aliphatic carbocycles. The molecule has 56 heavy (non-hydrogen) atoms. The second-order valence-corrected chi connectivity index (χ2v) is 13.7. The van der Waals surface area contributed by atoms with Gasteiger partial charge in [0.15, 0.2) is 17.5 Å². The molecule has 3 aromatic heterocycles. The number of fused-ring (bicyclic) bond motifs is 6. The maximum Gasteiger partial charge on any atom is 0.164 e. The summed E-state index contributed by atoms with van der Waals surface area (Å²) >= 11 is 0. The van der Waals surface area contributed by atoms with E-state index in [1.165, 1.54) is 21.9 Å². The summed E-state index contributed by atoms with van der Waals surface area (Å²) in [5, 5.41) is 4.31. The van der Waals surface area contributed by atoms with E-state index < -0.39 is 18.1 Å². The fourth-order valence-corrected chi connectivity index (χ4v) is 7.66. The normalized spacial score (nSPS) is 12.8. The minimum atomic E-state index is -0.438. The van der Waals surface area contributed by atoms with Crippen LogP contribution in [0.3, 0.4) is 0 Å². The van der Waals surface area contributed by atoms with Crippen molar-refractivity contribution in [1.82, 2.24) is 19.5 Å². The van der Waals surface area contributed by atoms with Crippen molar-refractivity contribution in [1.29, 1.82) is 0 Å². The number of furan rings is 1. The fourth-order valence-electron chi connectivity index (χ4n) is 7.66. The Morgan fingerprint density at radius 3 is 1.73 bits per heavy atom. The van der Waals surface area contributed by atoms with Gasteiger partial charge in [-0.15, -0.1) is 0 Å². The van der Waals surface area contributed by atoms with Crippen LogP contribution >= 0.6 is 0 Å². The third-order valence-electron chi connectivity index (χ3n) is 10.3. The Labute approximate surface area is 329 Å². The Morgan fingerprint density at radius 2 is 0.946 bits per heavy atom. The van der Waals surface area contributed by atoms with Crippen LogP contribution < -0.4 is 0 Å². The molecular weight excluding hydrogens is 685 g/mol. The average molecular weight is 722 g/mol. The Bertz CT molecular complexity index is 3520. The van der Waals surface area contributed by atoms with Crippen LogP contribution in [0.4, 0.5) is 0 Å². The molecule has 0 aliphatic rings. The summed E-state index contributed by atoms with van der Waals surface area (Å²) in [6.07, 6.45) is 0. The van der Waals surface area contributed by atoms with E-state index in [1.54, 1.807) is 18.2 Å². The maximum atomic E-state index is 8.57. The number of hydrogen-bond donors (Lipinski definition) is 0. The van der Waals surface area contributed by atoms with E-state index in [9.17, 15) is 0 Å². The summed E-state index contributed by atoms with van der Waals surface area (Å²) in [7, 11) is 0. The van der Waals surface area contributed by atoms with Gasteiger partial charge in [0.05, 0.1) is 17.9 Å². The Kier molecular flexibility index (Phi) is 6.29. The summed E-state index contributed by atoms with van der Waals surface area (Å²) in [4.78, 5) is 14.8. The van der Waals surface area contributed by atoms with Crippen LogP contribution in [-0.2, 0) is 0 Å². The monoisotopic (exact) mass is 721 g/mol. The SMILES string of the molecule is [2H]c1c([2H])c([2H])c(-c2cccc(-c3nc(-c4ccccc4)nc(-c4ccc5c(c4)oc4cc(-n6c7ccccc7c7cc(-c8ccccc8)ccc76)ccc45)n3)c2)c([2H])c1[2H]. The zero-order valence-corrected chi connectivity index (χ0v) is 29.8. The lowest BCUT2D eigenvalue weighted by Crippen LogP contribution is -2.00. The van der Waals surface area contributed by atoms with Crippen LogP contribution in [0.1, 0.15) is 6.85 Å². The third kappa shape index (κ3) is 5.45. The minimum Gasteiger partial charge on any atom is -0.456 e. The molecule has 0 radical (unpaired) electrons. The topological polar surface area (TPSA) is 56.7 Å². The highest BCUT2D eigenvalue weighted by molar-refractivity contribution is 6.11. The van der Waals surface area contributed by atoms with Crippen LogP contribution in [0, 0.1) is 0 Å². The molecule has 5 nitrogen and oxygen atoms in total. The summed E-state index contributed by atoms with van der Waals surface area (Å²) in [6, 6.07) is 52.9. The van der Waals surface area contributed by atoms with Gasteiger partial charge in [0, 0.05) is 50.0 Å². The Morgan fingerprint density at radius 1 is 0.375 bits per heavy atom. The Hall–Kier alpha value is -7.63. The molecule has 0 fully saturated rings. The van der Waals surface area contributed by atoms with Gasteiger partial charge in [-0.2, -0.15) is 0 Å². The van der Waals surface area contributed by atoms with Crippen molar-refractivity contribution in [2.45, 2.75) is 0 Å². The second kappa shape index (κ2) is 13.0. The van der Waals surface area contributed by atoms with Gasteiger partial charge in [-0.3, -0.25) is 0 Å². The summed E-state index contributed by atoms with van der Waals surface area (Å²) in [5.41, 5.74) is 9.69. The number of hydrogen-bond acceptors (Lipinski definition) is 4. The van der Waals surface area contributed by atoms with Crippen LogP contribution in [0.15, 0.2) is 198 Å². The lowest BCUT2D eigenvalue weighted by molar-refractivity contribution is 0.668. The molecule has 0 aliphatic heterocycles. The second-order valence-electron chi connectivity index (χ2n) is 13.7. The van der Waals surface area contributed by atoms with Gasteiger partial charge in [-0.05, 0) is 70.8 Å². The first-order valence-corrected chi connectivity index (χ1v) is 18.4. The first-order chi connectivity index (χ1) is 29.8. The molecule has 0 N–H and O–H groups in total. The summed E-state index contributed by atoms with van der Waals surface area (Å²) < 4.78 is 50.6. The molecule has 0 atom stereocenters. The smallest absolute Gasteiger partial charge is 0.164 e. The first-order valence-electron chi connectivity index (χ1n) is 20.9. The predicted molar refractivity (Wildman–Crippen MR) is 229 cm³/mol. The standard InChI is InChI=1S/C51H32N4O/c1-4-13-33(14-5-1)36-19-12-20-38(29-36)50-52-49(35-17-8-3-9-18-35)53-51(54-50)39-23-26-42-43-27-25-40(32-48(43)56-47(42)31-39)55-45-22-11-10-21-41(45)44-30-37(24-28-46(44)55)34-15-6-2-7-16-34/h1-32H/i1D,4D,5D,13D,14D. The zero-order chi connectivity index (χ0) is 41.4. The van der Waals surface area contributed by atoms with E-state index in [-0.39, 0.29) is 17.6 Å². The maximum absolute atomic E-state index is 8.57. The van der Waals surface area contributed by atoms with E-state index in [4.69, 9.17) is 26.2 Å². The third-order valence-corrected chi connectivity index (χ3v) is 10.3. The number of rotatable bonds is 6. The van der Waals surface area contributed by atoms with E-state index in [1.807, 2.05) is 60.7 Å². The minimum absolute atomic E-state index is 0.110. The average Bonchev–Trinajstić information content (AvgIpc) is 3.85. The van der Waals surface area contributed by atoms with E-state index in [0.29, 0.717) is 34.2 Å². The van der Waals surface area contributed by atoms with Crippen molar-refractivity contribution in [2.24, 2.45) is 0 Å². The van der Waals surface area contributed by atoms with Crippen LogP contribution in [-0.4, -0.2) is 19.5 Å². The molecular formula is C51H32N4O. The van der Waals surface area contributed by atoms with Crippen molar-refractivity contribution in [3.63, 3.8) is 0 Å². The van der Waals surface area contributed by atoms with Gasteiger partial charge >= 0.3 is 0 Å². The van der Waals surface area contributed by atoms with Crippen LogP contribution in [0.2, 0.25) is 0 Å². The Balaban J connectivity index is 1.02. The highest BCUT2D eigenvalue weighted by atomic mass is 16.3. The van der Waals surface area contributed by atoms with Gasteiger partial charge in [0.2, 0.25) is 0 Å². The molecule has 0 spiro atoms. The van der Waals surface area contributed by atoms with E-state index in [2.05, 4.69) is 89.5 Å². The highest BCUT2D eigenvalue weighted by Crippen LogP contribution is 2.38. The van der Waals surface area contributed by atoms with Gasteiger partial charge < -0.3 is 8.98 Å². The van der Waals surface area contributed by atoms with Crippen molar-refractivity contribution in [3.8, 4) is 62.1 Å². The largest absolute Gasteiger partial charge is 0.456 e. The summed E-state index contributed by atoms with van der Waals surface area (Å²) in [6.45, 7) is 0. The first kappa shape index (κ1) is 27.0. The molecule has 11 rings (SSSR count). The number of para-hydroxylation sites is 1. The van der Waals surface area contributed by atoms with Crippen LogP contribution in [0.5, 0.6) is 0 Å². The zero-order valence-electron chi connectivity index (χ0n) is 34.8. The van der Waals surface area contributed by atoms with Crippen LogP contribution in [0.25, 0.3) is 106 Å². The van der Waals surface area contributed by atoms with Crippen molar-refractivity contribution < 1.29 is 11.3 Å². The van der Waals surface area contributed by atoms with E-state index >= 15 is 0 Å². The quantitative estimate of drug-likeness (QED) is 0.172. The lowest BCUT2D eigenvalue weighted by Gasteiger charge is -2.09. The number of benzene rings is 8. The molecule has 11 aromatic rings. The number of nitrogens with zero attached hydrogens (tertiary/aromatic N) is 4. The number of aromatic nitrogens is 4. The molecule has 3 heterocycles. The highest BCUT2D eigenvalue weighted by Gasteiger charge is 2.18. The molecule has 0 saturated heterocycles. The van der Waals surface area contributed by atoms with Crippen molar-refractivity contribution >= 4 is 43.7 Å². The van der Waals surface area contributed by atoms with Gasteiger partial charge in [-0.25, -0.2) is 15.0 Å². The lowest BCUT2D eigenvalue weighted by atomic mass is 10.0. The van der Waals surface area contributed by atoms with Gasteiger partial charge in [-0.1, -0.05) is 139 Å². The molecule has 0 bridgehead atoms. The molecule has 0 saturated carbocycles. The fraction of sp³-hybridized carbons (Fsp3) is 0. The predicted octanol–water partition coefficient (Wildman–Crippen LogP) is 13.2. The molecule has 262 valence electrons. The summed E-state index contributed by atoms with van der Waals surface area (Å²) in [5.74, 6) is 1.26. The molecule has 5 heteroatoms. The van der Waals surface area contributed by atoms with Gasteiger partial charge in [0.1, 0.15) is 11.2 Å². The molecule has 0 unspecified atom stereocenters. The van der Waals surface area contributed by atoms with Crippen molar-refractivity contribution in [2.75, 3.05) is 0 Å².